The van der Waals surface area contributed by atoms with Crippen molar-refractivity contribution < 1.29 is 4.74 Å². The number of hydrogen-bond donors (Lipinski definition) is 1. The van der Waals surface area contributed by atoms with E-state index in [1.807, 2.05) is 0 Å². The third-order valence-corrected chi connectivity index (χ3v) is 3.94. The number of methoxy groups -OCH3 is 1. The van der Waals surface area contributed by atoms with E-state index < -0.39 is 0 Å². The average Bonchev–Trinajstić information content (AvgIpc) is 2.23. The molecule has 1 fully saturated rings. The van der Waals surface area contributed by atoms with E-state index in [2.05, 4.69) is 44.8 Å². The van der Waals surface area contributed by atoms with E-state index in [0.29, 0.717) is 6.10 Å². The van der Waals surface area contributed by atoms with Crippen LogP contribution in [0.25, 0.3) is 0 Å². The lowest BCUT2D eigenvalue weighted by molar-refractivity contribution is -0.0164. The van der Waals surface area contributed by atoms with Crippen molar-refractivity contribution in [1.29, 1.82) is 0 Å². The highest BCUT2D eigenvalue weighted by atomic mass is 16.5. The van der Waals surface area contributed by atoms with Gasteiger partial charge in [-0.15, -0.1) is 0 Å². The molecule has 3 heteroatoms. The normalized spacial score (nSPS) is 32.6. The fourth-order valence-electron chi connectivity index (χ4n) is 2.28. The number of rotatable bonds is 4. The maximum Gasteiger partial charge on any atom is 0.0670 e. The summed E-state index contributed by atoms with van der Waals surface area (Å²) in [5, 5.41) is 3.64. The molecule has 0 spiro atoms. The Hall–Kier alpha value is -0.120. The predicted molar refractivity (Wildman–Crippen MR) is 68.8 cm³/mol. The molecule has 96 valence electrons. The Labute approximate surface area is 101 Å². The lowest BCUT2D eigenvalue weighted by Crippen LogP contribution is -2.67. The maximum absolute atomic E-state index is 5.40. The molecule has 0 amide bonds. The maximum atomic E-state index is 5.40. The molecule has 1 N–H and O–H groups in total. The summed E-state index contributed by atoms with van der Waals surface area (Å²) in [6, 6.07) is 0. The van der Waals surface area contributed by atoms with Crippen molar-refractivity contribution in [2.24, 2.45) is 0 Å². The highest BCUT2D eigenvalue weighted by Gasteiger charge is 2.39. The van der Waals surface area contributed by atoms with E-state index in [1.54, 1.807) is 7.11 Å². The molecule has 0 bridgehead atoms. The topological polar surface area (TPSA) is 24.5 Å². The zero-order valence-corrected chi connectivity index (χ0v) is 11.8. The van der Waals surface area contributed by atoms with Crippen LogP contribution in [0.4, 0.5) is 0 Å². The minimum absolute atomic E-state index is 0.210. The molecule has 0 aromatic rings. The summed E-state index contributed by atoms with van der Waals surface area (Å²) in [5.41, 5.74) is 0.477. The van der Waals surface area contributed by atoms with Crippen LogP contribution in [0.1, 0.15) is 41.0 Å². The van der Waals surface area contributed by atoms with Crippen LogP contribution in [0.15, 0.2) is 0 Å². The first-order valence-corrected chi connectivity index (χ1v) is 6.36. The summed E-state index contributed by atoms with van der Waals surface area (Å²) in [7, 11) is 1.79. The molecule has 3 nitrogen and oxygen atoms in total. The van der Waals surface area contributed by atoms with Gasteiger partial charge in [0, 0.05) is 37.8 Å². The molecule has 0 radical (unpaired) electrons. The summed E-state index contributed by atoms with van der Waals surface area (Å²) in [5.74, 6) is 0. The highest BCUT2D eigenvalue weighted by molar-refractivity contribution is 4.99. The largest absolute Gasteiger partial charge is 0.380 e. The lowest BCUT2D eigenvalue weighted by Gasteiger charge is -2.51. The Kier molecular flexibility index (Phi) is 4.38. The zero-order chi connectivity index (χ0) is 12.4. The molecule has 2 unspecified atom stereocenters. The van der Waals surface area contributed by atoms with E-state index in [0.717, 1.165) is 19.6 Å². The molecule has 0 aromatic carbocycles. The van der Waals surface area contributed by atoms with Crippen LogP contribution in [-0.2, 0) is 4.74 Å². The van der Waals surface area contributed by atoms with Crippen LogP contribution in [0.2, 0.25) is 0 Å². The number of nitrogens with one attached hydrogen (secondary N) is 1. The highest BCUT2D eigenvalue weighted by Crippen LogP contribution is 2.26. The van der Waals surface area contributed by atoms with Crippen molar-refractivity contribution in [2.75, 3.05) is 26.7 Å². The number of hydrogen-bond acceptors (Lipinski definition) is 3. The van der Waals surface area contributed by atoms with Crippen LogP contribution in [0.3, 0.4) is 0 Å². The summed E-state index contributed by atoms with van der Waals surface area (Å²) in [6.45, 7) is 14.5. The minimum atomic E-state index is 0.210. The molecular formula is C13H28N2O. The van der Waals surface area contributed by atoms with Gasteiger partial charge in [0.15, 0.2) is 0 Å². The summed E-state index contributed by atoms with van der Waals surface area (Å²) < 4.78 is 5.40. The standard InChI is InChI=1S/C13H28N2O/c1-7-13(5)9-14-12(3,4)10-15(13)8-11(2)16-6/h11,14H,7-10H2,1-6H3. The molecule has 1 rings (SSSR count). The van der Waals surface area contributed by atoms with Crippen molar-refractivity contribution >= 4 is 0 Å². The van der Waals surface area contributed by atoms with Gasteiger partial charge in [-0.3, -0.25) is 4.90 Å². The monoisotopic (exact) mass is 228 g/mol. The Morgan fingerprint density at radius 1 is 1.38 bits per heavy atom. The van der Waals surface area contributed by atoms with Gasteiger partial charge in [-0.1, -0.05) is 6.92 Å². The van der Waals surface area contributed by atoms with E-state index in [-0.39, 0.29) is 11.1 Å². The Bertz CT molecular complexity index is 230. The Morgan fingerprint density at radius 2 is 2.00 bits per heavy atom. The van der Waals surface area contributed by atoms with Crippen LogP contribution in [0, 0.1) is 0 Å². The molecule has 1 saturated heterocycles. The minimum Gasteiger partial charge on any atom is -0.380 e. The van der Waals surface area contributed by atoms with E-state index in [4.69, 9.17) is 4.74 Å². The van der Waals surface area contributed by atoms with Gasteiger partial charge in [0.1, 0.15) is 0 Å². The van der Waals surface area contributed by atoms with Crippen LogP contribution in [-0.4, -0.2) is 48.8 Å². The van der Waals surface area contributed by atoms with Crippen LogP contribution >= 0.6 is 0 Å². The van der Waals surface area contributed by atoms with Crippen LogP contribution < -0.4 is 5.32 Å². The van der Waals surface area contributed by atoms with Crippen molar-refractivity contribution in [3.8, 4) is 0 Å². The van der Waals surface area contributed by atoms with Crippen molar-refractivity contribution in [3.63, 3.8) is 0 Å². The molecule has 0 saturated carbocycles. The number of nitrogens with zero attached hydrogens (tertiary/aromatic N) is 1. The summed E-state index contributed by atoms with van der Waals surface area (Å²) in [4.78, 5) is 2.58. The zero-order valence-electron chi connectivity index (χ0n) is 11.8. The second-order valence-electron chi connectivity index (χ2n) is 6.01. The SMILES string of the molecule is CCC1(C)CNC(C)(C)CN1CC(C)OC. The van der Waals surface area contributed by atoms with Crippen LogP contribution in [0.5, 0.6) is 0 Å². The molecule has 2 atom stereocenters. The fraction of sp³-hybridized carbons (Fsp3) is 1.00. The van der Waals surface area contributed by atoms with Gasteiger partial charge in [-0.05, 0) is 34.1 Å². The quantitative estimate of drug-likeness (QED) is 0.795. The number of piperazine rings is 1. The average molecular weight is 228 g/mol. The van der Waals surface area contributed by atoms with Gasteiger partial charge in [-0.25, -0.2) is 0 Å². The predicted octanol–water partition coefficient (Wildman–Crippen LogP) is 1.87. The van der Waals surface area contributed by atoms with Gasteiger partial charge in [0.25, 0.3) is 0 Å². The number of ether oxygens (including phenoxy) is 1. The lowest BCUT2D eigenvalue weighted by atomic mass is 9.87. The smallest absolute Gasteiger partial charge is 0.0670 e. The fourth-order valence-corrected chi connectivity index (χ4v) is 2.28. The molecule has 0 aliphatic carbocycles. The van der Waals surface area contributed by atoms with E-state index >= 15 is 0 Å². The molecule has 1 aliphatic rings. The summed E-state index contributed by atoms with van der Waals surface area (Å²) >= 11 is 0. The molecule has 16 heavy (non-hydrogen) atoms. The second kappa shape index (κ2) is 5.03. The summed E-state index contributed by atoms with van der Waals surface area (Å²) in [6.07, 6.45) is 1.48. The van der Waals surface area contributed by atoms with Gasteiger partial charge < -0.3 is 10.1 Å². The molecular weight excluding hydrogens is 200 g/mol. The first kappa shape index (κ1) is 13.9. The first-order chi connectivity index (χ1) is 7.33. The Balaban J connectivity index is 2.72. The third kappa shape index (κ3) is 3.19. The molecule has 1 aliphatic heterocycles. The first-order valence-electron chi connectivity index (χ1n) is 6.36. The molecule has 1 heterocycles. The van der Waals surface area contributed by atoms with E-state index in [1.165, 1.54) is 6.42 Å². The third-order valence-electron chi connectivity index (χ3n) is 3.94. The van der Waals surface area contributed by atoms with Gasteiger partial charge in [0.2, 0.25) is 0 Å². The van der Waals surface area contributed by atoms with Gasteiger partial charge >= 0.3 is 0 Å². The van der Waals surface area contributed by atoms with Crippen molar-refractivity contribution in [3.05, 3.63) is 0 Å². The van der Waals surface area contributed by atoms with Gasteiger partial charge in [-0.2, -0.15) is 0 Å². The van der Waals surface area contributed by atoms with E-state index in [9.17, 15) is 0 Å². The van der Waals surface area contributed by atoms with Crippen molar-refractivity contribution in [2.45, 2.75) is 58.2 Å². The Morgan fingerprint density at radius 3 is 2.50 bits per heavy atom. The van der Waals surface area contributed by atoms with Crippen molar-refractivity contribution in [1.82, 2.24) is 10.2 Å². The van der Waals surface area contributed by atoms with Gasteiger partial charge in [0.05, 0.1) is 6.10 Å². The second-order valence-corrected chi connectivity index (χ2v) is 6.01. The molecule has 0 aromatic heterocycles.